The number of rotatable bonds is 6. The van der Waals surface area contributed by atoms with Crippen LogP contribution in [0, 0.1) is 5.92 Å². The molecule has 1 saturated carbocycles. The topological polar surface area (TPSA) is 81.4 Å². The molecule has 0 aromatic carbocycles. The molecule has 3 unspecified atom stereocenters. The van der Waals surface area contributed by atoms with Crippen molar-refractivity contribution in [3.8, 4) is 0 Å². The molecule has 1 aliphatic rings. The first kappa shape index (κ1) is 19.1. The van der Waals surface area contributed by atoms with Crippen molar-refractivity contribution >= 4 is 22.4 Å². The Morgan fingerprint density at radius 2 is 2.11 bits per heavy atom. The van der Waals surface area contributed by atoms with Gasteiger partial charge in [0.05, 0.1) is 11.9 Å². The first-order valence-corrected chi connectivity index (χ1v) is 8.25. The lowest BCUT2D eigenvalue weighted by Crippen LogP contribution is -2.59. The van der Waals surface area contributed by atoms with Crippen LogP contribution in [0.1, 0.15) is 39.5 Å². The minimum Gasteiger partial charge on any atom is -0.381 e. The number of hydrogen-bond donors (Lipinski definition) is 2. The molecule has 0 heterocycles. The highest BCUT2D eigenvalue weighted by Gasteiger charge is 2.40. The van der Waals surface area contributed by atoms with E-state index in [1.54, 1.807) is 6.92 Å². The van der Waals surface area contributed by atoms with Crippen LogP contribution in [0.15, 0.2) is 0 Å². The largest absolute Gasteiger partial charge is 0.381 e. The predicted octanol–water partition coefficient (Wildman–Crippen LogP) is 1.27. The van der Waals surface area contributed by atoms with Gasteiger partial charge >= 0.3 is 0 Å². The van der Waals surface area contributed by atoms with Crippen molar-refractivity contribution < 1.29 is 13.2 Å². The second-order valence-electron chi connectivity index (χ2n) is 5.44. The van der Waals surface area contributed by atoms with Crippen molar-refractivity contribution in [2.24, 2.45) is 11.7 Å². The van der Waals surface area contributed by atoms with E-state index < -0.39 is 15.6 Å². The van der Waals surface area contributed by atoms with Gasteiger partial charge in [0, 0.05) is 19.2 Å². The molecule has 1 rings (SSSR count). The predicted molar refractivity (Wildman–Crippen MR) is 80.1 cm³/mol. The molecule has 19 heavy (non-hydrogen) atoms. The van der Waals surface area contributed by atoms with Gasteiger partial charge in [-0.15, -0.1) is 12.4 Å². The summed E-state index contributed by atoms with van der Waals surface area (Å²) in [5.74, 6) is 0.265. The summed E-state index contributed by atoms with van der Waals surface area (Å²) in [6.45, 7) is 4.18. The monoisotopic (exact) mass is 314 g/mol. The maximum absolute atomic E-state index is 12.1. The average Bonchev–Trinajstić information content (AvgIpc) is 2.31. The molecular formula is C12H27ClN2O3S. The minimum atomic E-state index is -3.35. The molecule has 1 aliphatic carbocycles. The first-order chi connectivity index (χ1) is 8.35. The summed E-state index contributed by atoms with van der Waals surface area (Å²) in [6.07, 6.45) is 3.73. The second-order valence-corrected chi connectivity index (χ2v) is 7.20. The van der Waals surface area contributed by atoms with Gasteiger partial charge in [0.2, 0.25) is 10.0 Å². The van der Waals surface area contributed by atoms with Gasteiger partial charge in [-0.2, -0.15) is 0 Å². The van der Waals surface area contributed by atoms with Gasteiger partial charge < -0.3 is 10.5 Å². The molecule has 1 fully saturated rings. The summed E-state index contributed by atoms with van der Waals surface area (Å²) in [6, 6.07) is 0. The molecule has 0 aromatic rings. The van der Waals surface area contributed by atoms with Gasteiger partial charge in [-0.1, -0.05) is 19.8 Å². The van der Waals surface area contributed by atoms with Crippen LogP contribution in [0.5, 0.6) is 0 Å². The zero-order valence-corrected chi connectivity index (χ0v) is 13.6. The Labute approximate surface area is 123 Å². The van der Waals surface area contributed by atoms with Crippen LogP contribution < -0.4 is 10.5 Å². The van der Waals surface area contributed by atoms with E-state index in [2.05, 4.69) is 11.6 Å². The lowest BCUT2D eigenvalue weighted by molar-refractivity contribution is 0.134. The lowest BCUT2D eigenvalue weighted by Gasteiger charge is -2.42. The molecule has 0 aromatic heterocycles. The zero-order chi connectivity index (χ0) is 13.8. The van der Waals surface area contributed by atoms with Gasteiger partial charge in [-0.25, -0.2) is 13.1 Å². The molecule has 0 amide bonds. The molecule has 0 radical (unpaired) electrons. The number of sulfonamides is 1. The quantitative estimate of drug-likeness (QED) is 0.773. The maximum atomic E-state index is 12.1. The number of hydrogen-bond acceptors (Lipinski definition) is 4. The number of ether oxygens (including phenoxy) is 1. The molecule has 5 nitrogen and oxygen atoms in total. The molecule has 7 heteroatoms. The van der Waals surface area contributed by atoms with Crippen molar-refractivity contribution in [2.45, 2.75) is 51.2 Å². The van der Waals surface area contributed by atoms with Gasteiger partial charge in [0.25, 0.3) is 0 Å². The summed E-state index contributed by atoms with van der Waals surface area (Å²) in [5, 5.41) is 0. The van der Waals surface area contributed by atoms with E-state index >= 15 is 0 Å². The Kier molecular flexibility index (Phi) is 7.83. The minimum absolute atomic E-state index is 0. The van der Waals surface area contributed by atoms with Crippen LogP contribution in [0.3, 0.4) is 0 Å². The number of halogens is 1. The Hall–Kier alpha value is 0.120. The van der Waals surface area contributed by atoms with Crippen molar-refractivity contribution in [1.82, 2.24) is 4.72 Å². The third-order valence-corrected chi connectivity index (χ3v) is 5.66. The molecule has 0 saturated heterocycles. The van der Waals surface area contributed by atoms with Gasteiger partial charge in [0.15, 0.2) is 0 Å². The Morgan fingerprint density at radius 1 is 1.47 bits per heavy atom. The second kappa shape index (κ2) is 7.78. The Morgan fingerprint density at radius 3 is 2.58 bits per heavy atom. The van der Waals surface area contributed by atoms with Crippen molar-refractivity contribution in [3.05, 3.63) is 0 Å². The molecule has 0 aliphatic heterocycles. The van der Waals surface area contributed by atoms with Crippen LogP contribution in [0.4, 0.5) is 0 Å². The SMILES string of the molecule is COC(C)CS(=O)(=O)NC1(CN)CCCCC1C.Cl. The fraction of sp³-hybridized carbons (Fsp3) is 1.00. The van der Waals surface area contributed by atoms with Gasteiger partial charge in [-0.05, 0) is 25.7 Å². The van der Waals surface area contributed by atoms with E-state index in [1.165, 1.54) is 7.11 Å². The van der Waals surface area contributed by atoms with Crippen LogP contribution in [0.2, 0.25) is 0 Å². The molecule has 0 spiro atoms. The van der Waals surface area contributed by atoms with Crippen LogP contribution >= 0.6 is 12.4 Å². The first-order valence-electron chi connectivity index (χ1n) is 6.60. The Balaban J connectivity index is 0.00000324. The lowest BCUT2D eigenvalue weighted by atomic mass is 9.74. The third kappa shape index (κ3) is 5.19. The molecule has 3 N–H and O–H groups in total. The van der Waals surface area contributed by atoms with E-state index in [-0.39, 0.29) is 30.2 Å². The molecular weight excluding hydrogens is 288 g/mol. The average molecular weight is 315 g/mol. The van der Waals surface area contributed by atoms with E-state index in [0.29, 0.717) is 6.54 Å². The highest BCUT2D eigenvalue weighted by molar-refractivity contribution is 7.89. The van der Waals surface area contributed by atoms with Gasteiger partial charge in [-0.3, -0.25) is 0 Å². The van der Waals surface area contributed by atoms with Crippen molar-refractivity contribution in [2.75, 3.05) is 19.4 Å². The third-order valence-electron chi connectivity index (χ3n) is 4.03. The molecule has 3 atom stereocenters. The van der Waals surface area contributed by atoms with E-state index in [0.717, 1.165) is 25.7 Å². The van der Waals surface area contributed by atoms with Gasteiger partial charge in [0.1, 0.15) is 0 Å². The smallest absolute Gasteiger partial charge is 0.214 e. The zero-order valence-electron chi connectivity index (χ0n) is 12.0. The van der Waals surface area contributed by atoms with Crippen LogP contribution in [-0.2, 0) is 14.8 Å². The summed E-state index contributed by atoms with van der Waals surface area (Å²) < 4.78 is 32.1. The summed E-state index contributed by atoms with van der Waals surface area (Å²) in [7, 11) is -1.84. The van der Waals surface area contributed by atoms with Crippen LogP contribution in [0.25, 0.3) is 0 Å². The number of nitrogens with two attached hydrogens (primary N) is 1. The maximum Gasteiger partial charge on any atom is 0.214 e. The van der Waals surface area contributed by atoms with Crippen molar-refractivity contribution in [3.63, 3.8) is 0 Å². The normalized spacial score (nSPS) is 29.6. The number of methoxy groups -OCH3 is 1. The fourth-order valence-electron chi connectivity index (χ4n) is 2.64. The highest BCUT2D eigenvalue weighted by Crippen LogP contribution is 2.33. The highest BCUT2D eigenvalue weighted by atomic mass is 35.5. The standard InChI is InChI=1S/C12H26N2O3S.ClH/c1-10-6-4-5-7-12(10,9-13)14-18(15,16)8-11(2)17-3;/h10-11,14H,4-9,13H2,1-3H3;1H. The summed E-state index contributed by atoms with van der Waals surface area (Å²) >= 11 is 0. The molecule has 0 bridgehead atoms. The van der Waals surface area contributed by atoms with E-state index in [9.17, 15) is 8.42 Å². The Bertz CT molecular complexity index is 364. The van der Waals surface area contributed by atoms with E-state index in [4.69, 9.17) is 10.5 Å². The summed E-state index contributed by atoms with van der Waals surface area (Å²) in [5.41, 5.74) is 5.37. The fourth-order valence-corrected chi connectivity index (χ4v) is 4.48. The summed E-state index contributed by atoms with van der Waals surface area (Å²) in [4.78, 5) is 0. The van der Waals surface area contributed by atoms with Crippen molar-refractivity contribution in [1.29, 1.82) is 0 Å². The number of nitrogens with one attached hydrogen (secondary N) is 1. The molecule has 116 valence electrons. The van der Waals surface area contributed by atoms with E-state index in [1.807, 2.05) is 0 Å². The van der Waals surface area contributed by atoms with Crippen LogP contribution in [-0.4, -0.2) is 39.5 Å².